The number of ether oxygens (including phenoxy) is 2. The van der Waals surface area contributed by atoms with Crippen LogP contribution in [0.1, 0.15) is 5.56 Å². The molecule has 0 fully saturated rings. The van der Waals surface area contributed by atoms with Crippen molar-refractivity contribution < 1.29 is 14.0 Å². The van der Waals surface area contributed by atoms with Gasteiger partial charge in [-0.1, -0.05) is 29.4 Å². The summed E-state index contributed by atoms with van der Waals surface area (Å²) in [5, 5.41) is 4.14. The van der Waals surface area contributed by atoms with Crippen LogP contribution in [0.5, 0.6) is 11.5 Å². The maximum atomic E-state index is 5.62. The zero-order valence-corrected chi connectivity index (χ0v) is 13.1. The van der Waals surface area contributed by atoms with Gasteiger partial charge in [0.2, 0.25) is 0 Å². The van der Waals surface area contributed by atoms with Crippen molar-refractivity contribution in [1.29, 1.82) is 0 Å². The second-order valence-electron chi connectivity index (χ2n) is 5.08. The van der Waals surface area contributed by atoms with Gasteiger partial charge in [-0.2, -0.15) is 0 Å². The van der Waals surface area contributed by atoms with E-state index in [0.29, 0.717) is 23.8 Å². The SMILES string of the molecule is COc1cc(OC)cc(-c2cc(-c3ccc(CN)cc3)no2)c1. The third kappa shape index (κ3) is 3.19. The standard InChI is InChI=1S/C18H18N2O3/c1-21-15-7-14(8-16(9-15)22-2)18-10-17(20-23-18)13-5-3-12(11-19)4-6-13/h3-10H,11,19H2,1-2H3. The van der Waals surface area contributed by atoms with Crippen molar-refractivity contribution in [1.82, 2.24) is 5.16 Å². The van der Waals surface area contributed by atoms with Crippen LogP contribution in [0.2, 0.25) is 0 Å². The summed E-state index contributed by atoms with van der Waals surface area (Å²) >= 11 is 0. The van der Waals surface area contributed by atoms with Crippen LogP contribution < -0.4 is 15.2 Å². The van der Waals surface area contributed by atoms with Gasteiger partial charge >= 0.3 is 0 Å². The van der Waals surface area contributed by atoms with Crippen molar-refractivity contribution >= 4 is 0 Å². The Morgan fingerprint density at radius 3 is 2.13 bits per heavy atom. The molecular formula is C18H18N2O3. The van der Waals surface area contributed by atoms with Crippen molar-refractivity contribution in [3.63, 3.8) is 0 Å². The van der Waals surface area contributed by atoms with Gasteiger partial charge in [-0.15, -0.1) is 0 Å². The maximum absolute atomic E-state index is 5.62. The Kier molecular flexibility index (Phi) is 4.30. The van der Waals surface area contributed by atoms with Crippen LogP contribution in [0.4, 0.5) is 0 Å². The molecule has 3 rings (SSSR count). The highest BCUT2D eigenvalue weighted by Gasteiger charge is 2.11. The molecule has 1 heterocycles. The summed E-state index contributed by atoms with van der Waals surface area (Å²) in [6.45, 7) is 0.522. The van der Waals surface area contributed by atoms with E-state index in [0.717, 1.165) is 22.4 Å². The highest BCUT2D eigenvalue weighted by molar-refractivity contribution is 5.68. The van der Waals surface area contributed by atoms with Gasteiger partial charge in [-0.3, -0.25) is 0 Å². The Bertz CT molecular complexity index is 772. The van der Waals surface area contributed by atoms with E-state index in [1.54, 1.807) is 14.2 Å². The average Bonchev–Trinajstić information content (AvgIpc) is 3.11. The van der Waals surface area contributed by atoms with E-state index in [-0.39, 0.29) is 0 Å². The number of benzene rings is 2. The van der Waals surface area contributed by atoms with E-state index in [1.807, 2.05) is 48.5 Å². The minimum Gasteiger partial charge on any atom is -0.497 e. The zero-order chi connectivity index (χ0) is 16.2. The summed E-state index contributed by atoms with van der Waals surface area (Å²) < 4.78 is 16.0. The molecule has 0 saturated heterocycles. The lowest BCUT2D eigenvalue weighted by Crippen LogP contribution is -1.95. The third-order valence-corrected chi connectivity index (χ3v) is 3.63. The molecule has 5 heteroatoms. The molecular weight excluding hydrogens is 292 g/mol. The number of aromatic nitrogens is 1. The molecule has 0 radical (unpaired) electrons. The second kappa shape index (κ2) is 6.54. The van der Waals surface area contributed by atoms with Gasteiger partial charge in [-0.25, -0.2) is 0 Å². The fourth-order valence-corrected chi connectivity index (χ4v) is 2.31. The van der Waals surface area contributed by atoms with E-state index in [9.17, 15) is 0 Å². The summed E-state index contributed by atoms with van der Waals surface area (Å²) in [7, 11) is 3.23. The molecule has 0 bridgehead atoms. The number of nitrogens with zero attached hydrogens (tertiary/aromatic N) is 1. The molecule has 5 nitrogen and oxygen atoms in total. The van der Waals surface area contributed by atoms with Gasteiger partial charge in [0, 0.05) is 29.8 Å². The van der Waals surface area contributed by atoms with Crippen molar-refractivity contribution in [2.45, 2.75) is 6.54 Å². The fourth-order valence-electron chi connectivity index (χ4n) is 2.31. The third-order valence-electron chi connectivity index (χ3n) is 3.63. The van der Waals surface area contributed by atoms with Crippen molar-refractivity contribution in [2.75, 3.05) is 14.2 Å². The first-order chi connectivity index (χ1) is 11.2. The molecule has 3 aromatic rings. The first-order valence-corrected chi connectivity index (χ1v) is 7.23. The van der Waals surface area contributed by atoms with E-state index in [2.05, 4.69) is 5.16 Å². The van der Waals surface area contributed by atoms with Crippen LogP contribution in [0, 0.1) is 0 Å². The highest BCUT2D eigenvalue weighted by atomic mass is 16.5. The molecule has 2 aromatic carbocycles. The highest BCUT2D eigenvalue weighted by Crippen LogP contribution is 2.32. The van der Waals surface area contributed by atoms with Gasteiger partial charge in [0.15, 0.2) is 5.76 Å². The summed E-state index contributed by atoms with van der Waals surface area (Å²) in [6.07, 6.45) is 0. The molecule has 1 aromatic heterocycles. The zero-order valence-electron chi connectivity index (χ0n) is 13.1. The summed E-state index contributed by atoms with van der Waals surface area (Å²) in [6, 6.07) is 15.4. The minimum atomic E-state index is 0.522. The Morgan fingerprint density at radius 1 is 0.913 bits per heavy atom. The van der Waals surface area contributed by atoms with Crippen molar-refractivity contribution in [3.05, 3.63) is 54.1 Å². The molecule has 0 spiro atoms. The van der Waals surface area contributed by atoms with E-state index in [4.69, 9.17) is 19.7 Å². The summed E-state index contributed by atoms with van der Waals surface area (Å²) in [5.74, 6) is 2.05. The Morgan fingerprint density at radius 2 is 1.57 bits per heavy atom. The van der Waals surface area contributed by atoms with Crippen LogP contribution >= 0.6 is 0 Å². The predicted octanol–water partition coefficient (Wildman–Crippen LogP) is 3.48. The number of rotatable bonds is 5. The van der Waals surface area contributed by atoms with E-state index in [1.165, 1.54) is 0 Å². The Hall–Kier alpha value is -2.79. The molecule has 23 heavy (non-hydrogen) atoms. The van der Waals surface area contributed by atoms with E-state index >= 15 is 0 Å². The quantitative estimate of drug-likeness (QED) is 0.781. The van der Waals surface area contributed by atoms with Crippen LogP contribution in [-0.4, -0.2) is 19.4 Å². The van der Waals surface area contributed by atoms with Crippen LogP contribution in [0.3, 0.4) is 0 Å². The summed E-state index contributed by atoms with van der Waals surface area (Å²) in [4.78, 5) is 0. The number of hydrogen-bond donors (Lipinski definition) is 1. The number of methoxy groups -OCH3 is 2. The number of hydrogen-bond acceptors (Lipinski definition) is 5. The van der Waals surface area contributed by atoms with Gasteiger partial charge in [0.1, 0.15) is 17.2 Å². The van der Waals surface area contributed by atoms with Gasteiger partial charge in [-0.05, 0) is 17.7 Å². The summed E-state index contributed by atoms with van der Waals surface area (Å²) in [5.41, 5.74) is 9.29. The molecule has 0 aliphatic heterocycles. The first kappa shape index (κ1) is 15.1. The minimum absolute atomic E-state index is 0.522. The molecule has 0 unspecified atom stereocenters. The molecule has 2 N–H and O–H groups in total. The number of nitrogens with two attached hydrogens (primary N) is 1. The lowest BCUT2D eigenvalue weighted by Gasteiger charge is -2.06. The molecule has 0 aliphatic rings. The maximum Gasteiger partial charge on any atom is 0.167 e. The van der Waals surface area contributed by atoms with Crippen LogP contribution in [-0.2, 0) is 6.54 Å². The molecule has 0 amide bonds. The largest absolute Gasteiger partial charge is 0.497 e. The smallest absolute Gasteiger partial charge is 0.167 e. The van der Waals surface area contributed by atoms with Crippen molar-refractivity contribution in [2.24, 2.45) is 5.73 Å². The van der Waals surface area contributed by atoms with Gasteiger partial charge in [0.25, 0.3) is 0 Å². The fraction of sp³-hybridized carbons (Fsp3) is 0.167. The Balaban J connectivity index is 1.94. The monoisotopic (exact) mass is 310 g/mol. The first-order valence-electron chi connectivity index (χ1n) is 7.23. The van der Waals surface area contributed by atoms with Gasteiger partial charge < -0.3 is 19.7 Å². The van der Waals surface area contributed by atoms with Crippen LogP contribution in [0.15, 0.2) is 53.1 Å². The lowest BCUT2D eigenvalue weighted by atomic mass is 10.1. The second-order valence-corrected chi connectivity index (χ2v) is 5.08. The molecule has 118 valence electrons. The van der Waals surface area contributed by atoms with Gasteiger partial charge in [0.05, 0.1) is 14.2 Å². The lowest BCUT2D eigenvalue weighted by molar-refractivity contribution is 0.393. The van der Waals surface area contributed by atoms with E-state index < -0.39 is 0 Å². The average molecular weight is 310 g/mol. The Labute approximate surface area is 134 Å². The normalized spacial score (nSPS) is 10.6. The topological polar surface area (TPSA) is 70.5 Å². The van der Waals surface area contributed by atoms with Crippen LogP contribution in [0.25, 0.3) is 22.6 Å². The molecule has 0 atom stereocenters. The molecule has 0 saturated carbocycles. The molecule has 0 aliphatic carbocycles. The van der Waals surface area contributed by atoms with Crippen molar-refractivity contribution in [3.8, 4) is 34.1 Å². The predicted molar refractivity (Wildman–Crippen MR) is 88.4 cm³/mol.